The van der Waals surface area contributed by atoms with Crippen LogP contribution in [-0.4, -0.2) is 6.61 Å². The fraction of sp³-hybridized carbons (Fsp3) is 0.111. The molecule has 0 aliphatic heterocycles. The smallest absolute Gasteiger partial charge is 0.432 e. The van der Waals surface area contributed by atoms with Gasteiger partial charge in [-0.3, -0.25) is 0 Å². The number of fused-ring (bicyclic) bond motifs is 1. The summed E-state index contributed by atoms with van der Waals surface area (Å²) < 4.78 is 219. The molecule has 56 heavy (non-hydrogen) atoms. The van der Waals surface area contributed by atoms with E-state index < -0.39 is 98.8 Å². The molecule has 0 radical (unpaired) electrons. The average Bonchev–Trinajstić information content (AvgIpc) is 3.52. The summed E-state index contributed by atoms with van der Waals surface area (Å²) in [5.41, 5.74) is -3.74. The minimum absolute atomic E-state index is 0.0124. The predicted molar refractivity (Wildman–Crippen MR) is 174 cm³/mol. The molecule has 0 bridgehead atoms. The molecule has 0 amide bonds. The lowest BCUT2D eigenvalue weighted by atomic mass is 10.1. The van der Waals surface area contributed by atoms with Gasteiger partial charge in [0, 0.05) is 33.6 Å². The molecule has 3 nitrogen and oxygen atoms in total. The minimum atomic E-state index is -4.71. The van der Waals surface area contributed by atoms with Crippen molar-refractivity contribution in [1.82, 2.24) is 0 Å². The Morgan fingerprint density at radius 2 is 0.946 bits per heavy atom. The maximum atomic E-state index is 14.6. The van der Waals surface area contributed by atoms with Crippen LogP contribution in [0.15, 0.2) is 71.2 Å². The molecule has 0 aliphatic carbocycles. The molecule has 5 aromatic carbocycles. The van der Waals surface area contributed by atoms with Crippen LogP contribution in [0.5, 0.6) is 17.2 Å². The highest BCUT2D eigenvalue weighted by Crippen LogP contribution is 2.42. The Hall–Kier alpha value is -5.11. The maximum absolute atomic E-state index is 14.6. The first kappa shape index (κ1) is 42.0. The van der Waals surface area contributed by atoms with Crippen molar-refractivity contribution in [2.75, 3.05) is 6.61 Å². The van der Waals surface area contributed by atoms with Crippen molar-refractivity contribution < 1.29 is 80.1 Å². The Morgan fingerprint density at radius 3 is 1.36 bits per heavy atom. The quantitative estimate of drug-likeness (QED) is 0.107. The van der Waals surface area contributed by atoms with Gasteiger partial charge >= 0.3 is 12.2 Å². The molecule has 1 heterocycles. The summed E-state index contributed by atoms with van der Waals surface area (Å²) in [6.45, 7) is 1.88. The van der Waals surface area contributed by atoms with E-state index in [1.807, 2.05) is 0 Å². The number of halogens is 16. The number of hydrogen-bond donors (Lipinski definition) is 0. The van der Waals surface area contributed by atoms with E-state index in [0.29, 0.717) is 29.7 Å². The van der Waals surface area contributed by atoms with Crippen LogP contribution in [-0.2, 0) is 12.2 Å². The summed E-state index contributed by atoms with van der Waals surface area (Å²) in [5, 5.41) is 0.403. The third-order valence-corrected chi connectivity index (χ3v) is 8.86. The predicted octanol–water partition coefficient (Wildman–Crippen LogP) is 13.2. The van der Waals surface area contributed by atoms with Crippen molar-refractivity contribution in [1.29, 1.82) is 0 Å². The molecular weight excluding hydrogens is 877 g/mol. The van der Waals surface area contributed by atoms with E-state index >= 15 is 0 Å². The molecule has 296 valence electrons. The number of benzene rings is 5. The normalized spacial score (nSPS) is 11.7. The van der Waals surface area contributed by atoms with Gasteiger partial charge in [0.05, 0.1) is 11.3 Å². The fourth-order valence-electron chi connectivity index (χ4n) is 4.85. The van der Waals surface area contributed by atoms with Crippen LogP contribution in [0.4, 0.5) is 65.9 Å². The van der Waals surface area contributed by atoms with Crippen LogP contribution in [0.25, 0.3) is 20.5 Å². The molecule has 0 aliphatic rings. The van der Waals surface area contributed by atoms with Crippen LogP contribution in [0.2, 0.25) is 0 Å². The van der Waals surface area contributed by atoms with Gasteiger partial charge in [0.25, 0.3) is 0 Å². The lowest BCUT2D eigenvalue weighted by Crippen LogP contribution is -2.25. The Balaban J connectivity index is 0.000000236. The van der Waals surface area contributed by atoms with E-state index in [9.17, 15) is 65.9 Å². The van der Waals surface area contributed by atoms with Crippen LogP contribution in [0, 0.1) is 64.0 Å². The first-order valence-electron chi connectivity index (χ1n) is 15.1. The van der Waals surface area contributed by atoms with Gasteiger partial charge in [-0.1, -0.05) is 15.9 Å². The van der Waals surface area contributed by atoms with Gasteiger partial charge < -0.3 is 14.2 Å². The summed E-state index contributed by atoms with van der Waals surface area (Å²) in [5.74, 6) is -20.8. The highest BCUT2D eigenvalue weighted by atomic mass is 79.9. The minimum Gasteiger partial charge on any atom is -0.491 e. The molecule has 20 heteroatoms. The van der Waals surface area contributed by atoms with Gasteiger partial charge in [-0.2, -0.15) is 17.6 Å². The topological polar surface area (TPSA) is 27.7 Å². The molecule has 0 atom stereocenters. The molecule has 0 N–H and O–H groups in total. The number of ether oxygens (including phenoxy) is 3. The second-order valence-corrected chi connectivity index (χ2v) is 13.0. The summed E-state index contributed by atoms with van der Waals surface area (Å²) >= 11 is 3.53. The molecule has 0 fully saturated rings. The zero-order chi connectivity index (χ0) is 41.4. The first-order chi connectivity index (χ1) is 26.1. The van der Waals surface area contributed by atoms with Crippen LogP contribution >= 0.6 is 27.3 Å². The Labute approximate surface area is 316 Å². The zero-order valence-corrected chi connectivity index (χ0v) is 29.6. The number of thiophene rings is 1. The van der Waals surface area contributed by atoms with E-state index in [1.54, 1.807) is 6.92 Å². The SMILES string of the molecule is CCOc1ccc2cc(-c3cc(F)c(C(F)(F)Oc4cc(F)c(F)c(F)c4)c(F)c3)sc2c1F.Fc1cc(OC(F)(F)c2c(F)cc(Br)cc2F)cc(F)c1F. The van der Waals surface area contributed by atoms with Gasteiger partial charge in [0.15, 0.2) is 46.5 Å². The van der Waals surface area contributed by atoms with Gasteiger partial charge in [-0.15, -0.1) is 11.3 Å². The molecule has 0 unspecified atom stereocenters. The highest BCUT2D eigenvalue weighted by Gasteiger charge is 2.43. The van der Waals surface area contributed by atoms with Crippen molar-refractivity contribution in [2.24, 2.45) is 0 Å². The lowest BCUT2D eigenvalue weighted by molar-refractivity contribution is -0.190. The first-order valence-corrected chi connectivity index (χ1v) is 16.7. The van der Waals surface area contributed by atoms with E-state index in [0.717, 1.165) is 11.3 Å². The van der Waals surface area contributed by atoms with E-state index in [4.69, 9.17) is 4.74 Å². The van der Waals surface area contributed by atoms with Crippen molar-refractivity contribution in [3.8, 4) is 27.7 Å². The Morgan fingerprint density at radius 1 is 0.536 bits per heavy atom. The van der Waals surface area contributed by atoms with Gasteiger partial charge in [0.1, 0.15) is 45.9 Å². The number of alkyl halides is 4. The van der Waals surface area contributed by atoms with Crippen molar-refractivity contribution in [3.63, 3.8) is 0 Å². The molecular formula is C36H16BrF15O3S. The molecule has 0 saturated carbocycles. The average molecular weight is 893 g/mol. The molecule has 6 aromatic rings. The largest absolute Gasteiger partial charge is 0.491 e. The van der Waals surface area contributed by atoms with Crippen LogP contribution in [0.3, 0.4) is 0 Å². The molecule has 0 saturated heterocycles. The summed E-state index contributed by atoms with van der Waals surface area (Å²) in [6.07, 6.45) is -9.28. The third kappa shape index (κ3) is 8.80. The Bertz CT molecular complexity index is 2360. The maximum Gasteiger partial charge on any atom is 0.432 e. The van der Waals surface area contributed by atoms with Crippen molar-refractivity contribution >= 4 is 37.4 Å². The molecule has 0 spiro atoms. The standard InChI is InChI=1S/C23H12F8O2S.C13H4BrF7O/c1-2-32-17-4-3-10-7-18(34-22(10)21(17)29)11-5-13(24)19(14(25)6-11)23(30,31)33-12-8-15(26)20(28)16(27)9-12;14-5-1-7(15)11(8(16)2-5)13(20,21)22-6-3-9(17)12(19)10(18)4-6/h3-9H,2H2,1H3;1-4H. The van der Waals surface area contributed by atoms with E-state index in [1.165, 1.54) is 18.2 Å². The number of rotatable bonds is 9. The molecule has 6 rings (SSSR count). The van der Waals surface area contributed by atoms with Crippen molar-refractivity contribution in [2.45, 2.75) is 19.1 Å². The summed E-state index contributed by atoms with van der Waals surface area (Å²) in [6, 6.07) is 7.11. The van der Waals surface area contributed by atoms with Gasteiger partial charge in [-0.25, -0.2) is 48.3 Å². The Kier molecular flexibility index (Phi) is 12.1. The third-order valence-electron chi connectivity index (χ3n) is 7.21. The van der Waals surface area contributed by atoms with Gasteiger partial charge in [0.2, 0.25) is 0 Å². The molecule has 1 aromatic heterocycles. The summed E-state index contributed by atoms with van der Waals surface area (Å²) in [4.78, 5) is 0.179. The van der Waals surface area contributed by atoms with Gasteiger partial charge in [-0.05, 0) is 60.3 Å². The van der Waals surface area contributed by atoms with Crippen molar-refractivity contribution in [3.05, 3.63) is 146 Å². The zero-order valence-electron chi connectivity index (χ0n) is 27.2. The highest BCUT2D eigenvalue weighted by molar-refractivity contribution is 9.10. The van der Waals surface area contributed by atoms with E-state index in [2.05, 4.69) is 25.4 Å². The lowest BCUT2D eigenvalue weighted by Gasteiger charge is -2.20. The monoisotopic (exact) mass is 892 g/mol. The second-order valence-electron chi connectivity index (χ2n) is 11.0. The summed E-state index contributed by atoms with van der Waals surface area (Å²) in [7, 11) is 0. The van der Waals surface area contributed by atoms with Crippen LogP contribution in [0.1, 0.15) is 18.1 Å². The fourth-order valence-corrected chi connectivity index (χ4v) is 6.33. The second kappa shape index (κ2) is 16.2. The number of hydrogen-bond acceptors (Lipinski definition) is 4. The van der Waals surface area contributed by atoms with Crippen LogP contribution < -0.4 is 14.2 Å². The van der Waals surface area contributed by atoms with E-state index in [-0.39, 0.29) is 56.2 Å².